The molecule has 0 aromatic heterocycles. The summed E-state index contributed by atoms with van der Waals surface area (Å²) >= 11 is 6.08. The molecule has 0 saturated heterocycles. The fourth-order valence-electron chi connectivity index (χ4n) is 4.28. The number of carbonyl (C=O) groups excluding carboxylic acids is 3. The van der Waals surface area contributed by atoms with Gasteiger partial charge in [0.05, 0.1) is 11.9 Å². The molecule has 3 aromatic carbocycles. The highest BCUT2D eigenvalue weighted by Crippen LogP contribution is 2.22. The Bertz CT molecular complexity index is 1460. The Kier molecular flexibility index (Phi) is 11.1. The molecule has 0 aliphatic rings. The van der Waals surface area contributed by atoms with Crippen LogP contribution in [-0.2, 0) is 32.6 Å². The minimum absolute atomic E-state index is 0.0481. The standard InChI is InChI=1S/C31H36ClN3O5S/c1-5-22(2)33-31(38)29(18-24-10-7-6-8-11-24)34(20-25-14-16-27(32)17-15-25)30(37)21-35(41(4,39)40)28-13-9-12-26(19-28)23(3)36/h6-17,19,22,29H,5,18,20-21H2,1-4H3,(H,33,38)/t22-,29+/m1/s1. The van der Waals surface area contributed by atoms with Crippen molar-refractivity contribution < 1.29 is 22.8 Å². The summed E-state index contributed by atoms with van der Waals surface area (Å²) < 4.78 is 26.8. The Morgan fingerprint density at radius 3 is 2.17 bits per heavy atom. The van der Waals surface area contributed by atoms with Gasteiger partial charge in [0, 0.05) is 29.6 Å². The molecule has 2 amide bonds. The molecule has 0 radical (unpaired) electrons. The summed E-state index contributed by atoms with van der Waals surface area (Å²) in [6, 6.07) is 21.3. The number of nitrogens with one attached hydrogen (secondary N) is 1. The topological polar surface area (TPSA) is 104 Å². The van der Waals surface area contributed by atoms with Crippen molar-refractivity contribution in [2.24, 2.45) is 0 Å². The molecule has 0 unspecified atom stereocenters. The number of hydrogen-bond acceptors (Lipinski definition) is 5. The van der Waals surface area contributed by atoms with E-state index in [1.807, 2.05) is 44.2 Å². The number of carbonyl (C=O) groups is 3. The number of sulfonamides is 1. The number of nitrogens with zero attached hydrogens (tertiary/aromatic N) is 2. The normalized spacial score (nSPS) is 12.7. The molecule has 2 atom stereocenters. The molecule has 10 heteroatoms. The number of rotatable bonds is 13. The van der Waals surface area contributed by atoms with Gasteiger partial charge in [-0.3, -0.25) is 18.7 Å². The summed E-state index contributed by atoms with van der Waals surface area (Å²) in [5.41, 5.74) is 2.07. The lowest BCUT2D eigenvalue weighted by atomic mass is 10.0. The van der Waals surface area contributed by atoms with E-state index >= 15 is 0 Å². The summed E-state index contributed by atoms with van der Waals surface area (Å²) in [5.74, 6) is -1.14. The van der Waals surface area contributed by atoms with Crippen LogP contribution >= 0.6 is 11.6 Å². The Hall–Kier alpha value is -3.69. The van der Waals surface area contributed by atoms with Gasteiger partial charge in [0.2, 0.25) is 21.8 Å². The minimum atomic E-state index is -3.94. The van der Waals surface area contributed by atoms with Crippen LogP contribution in [0, 0.1) is 0 Å². The predicted octanol–water partition coefficient (Wildman–Crippen LogP) is 4.86. The number of anilines is 1. The fraction of sp³-hybridized carbons (Fsp3) is 0.323. The van der Waals surface area contributed by atoms with Crippen LogP contribution in [0.25, 0.3) is 0 Å². The van der Waals surface area contributed by atoms with Gasteiger partial charge in [0.1, 0.15) is 12.6 Å². The molecule has 218 valence electrons. The van der Waals surface area contributed by atoms with Crippen LogP contribution < -0.4 is 9.62 Å². The van der Waals surface area contributed by atoms with Gasteiger partial charge >= 0.3 is 0 Å². The van der Waals surface area contributed by atoms with Crippen LogP contribution in [0.3, 0.4) is 0 Å². The van der Waals surface area contributed by atoms with E-state index in [0.29, 0.717) is 17.0 Å². The van der Waals surface area contributed by atoms with Crippen molar-refractivity contribution in [1.82, 2.24) is 10.2 Å². The lowest BCUT2D eigenvalue weighted by Crippen LogP contribution is -2.54. The highest BCUT2D eigenvalue weighted by molar-refractivity contribution is 7.92. The lowest BCUT2D eigenvalue weighted by Gasteiger charge is -2.34. The molecule has 0 spiro atoms. The van der Waals surface area contributed by atoms with Gasteiger partial charge in [-0.05, 0) is 55.7 Å². The maximum atomic E-state index is 14.1. The van der Waals surface area contributed by atoms with Crippen LogP contribution in [-0.4, -0.2) is 55.8 Å². The van der Waals surface area contributed by atoms with Gasteiger partial charge < -0.3 is 10.2 Å². The van der Waals surface area contributed by atoms with Crippen LogP contribution in [0.4, 0.5) is 5.69 Å². The van der Waals surface area contributed by atoms with Gasteiger partial charge in [-0.25, -0.2) is 8.42 Å². The number of benzene rings is 3. The summed E-state index contributed by atoms with van der Waals surface area (Å²) in [5, 5.41) is 3.52. The van der Waals surface area contributed by atoms with Crippen molar-refractivity contribution in [2.75, 3.05) is 17.1 Å². The Morgan fingerprint density at radius 1 is 0.927 bits per heavy atom. The van der Waals surface area contributed by atoms with Crippen molar-refractivity contribution in [3.63, 3.8) is 0 Å². The van der Waals surface area contributed by atoms with Gasteiger partial charge in [-0.15, -0.1) is 0 Å². The van der Waals surface area contributed by atoms with Crippen LogP contribution in [0.1, 0.15) is 48.7 Å². The first-order chi connectivity index (χ1) is 19.4. The number of Topliss-reactive ketones (excluding diaryl/α,β-unsaturated/α-hetero) is 1. The Morgan fingerprint density at radius 2 is 1.59 bits per heavy atom. The van der Waals surface area contributed by atoms with E-state index < -0.39 is 28.5 Å². The highest BCUT2D eigenvalue weighted by Gasteiger charge is 2.33. The second-order valence-electron chi connectivity index (χ2n) is 10.0. The van der Waals surface area contributed by atoms with Crippen molar-refractivity contribution in [3.05, 3.63) is 101 Å². The molecular formula is C31H36ClN3O5S. The third-order valence-electron chi connectivity index (χ3n) is 6.76. The average molecular weight is 598 g/mol. The van der Waals surface area contributed by atoms with E-state index in [4.69, 9.17) is 11.6 Å². The first-order valence-corrected chi connectivity index (χ1v) is 15.6. The van der Waals surface area contributed by atoms with E-state index in [0.717, 1.165) is 21.7 Å². The van der Waals surface area contributed by atoms with E-state index in [1.165, 1.54) is 24.0 Å². The van der Waals surface area contributed by atoms with Gasteiger partial charge in [0.25, 0.3) is 0 Å². The molecule has 0 heterocycles. The van der Waals surface area contributed by atoms with Crippen LogP contribution in [0.2, 0.25) is 5.02 Å². The predicted molar refractivity (Wildman–Crippen MR) is 162 cm³/mol. The van der Waals surface area contributed by atoms with Gasteiger partial charge in [-0.1, -0.05) is 73.1 Å². The molecule has 0 bridgehead atoms. The van der Waals surface area contributed by atoms with E-state index in [1.54, 1.807) is 36.4 Å². The number of halogens is 1. The van der Waals surface area contributed by atoms with Crippen molar-refractivity contribution >= 4 is 44.9 Å². The van der Waals surface area contributed by atoms with Crippen LogP contribution in [0.15, 0.2) is 78.9 Å². The Labute approximate surface area is 247 Å². The third-order valence-corrected chi connectivity index (χ3v) is 8.15. The fourth-order valence-corrected chi connectivity index (χ4v) is 5.24. The average Bonchev–Trinajstić information content (AvgIpc) is 2.94. The van der Waals surface area contributed by atoms with Crippen LogP contribution in [0.5, 0.6) is 0 Å². The maximum absolute atomic E-state index is 14.1. The van der Waals surface area contributed by atoms with Gasteiger partial charge in [0.15, 0.2) is 5.78 Å². The smallest absolute Gasteiger partial charge is 0.244 e. The molecule has 3 rings (SSSR count). The zero-order valence-electron chi connectivity index (χ0n) is 23.7. The molecular weight excluding hydrogens is 562 g/mol. The van der Waals surface area contributed by atoms with Crippen molar-refractivity contribution in [3.8, 4) is 0 Å². The SMILES string of the molecule is CC[C@@H](C)NC(=O)[C@H](Cc1ccccc1)N(Cc1ccc(Cl)cc1)C(=O)CN(c1cccc(C(C)=O)c1)S(C)(=O)=O. The summed E-state index contributed by atoms with van der Waals surface area (Å²) in [7, 11) is -3.94. The molecule has 0 saturated carbocycles. The lowest BCUT2D eigenvalue weighted by molar-refractivity contribution is -0.140. The third kappa shape index (κ3) is 9.16. The van der Waals surface area contributed by atoms with E-state index in [2.05, 4.69) is 5.32 Å². The zero-order chi connectivity index (χ0) is 30.2. The minimum Gasteiger partial charge on any atom is -0.352 e. The molecule has 3 aromatic rings. The maximum Gasteiger partial charge on any atom is 0.244 e. The molecule has 0 fully saturated rings. The second-order valence-corrected chi connectivity index (χ2v) is 12.4. The quantitative estimate of drug-likeness (QED) is 0.283. The number of amides is 2. The number of ketones is 1. The summed E-state index contributed by atoms with van der Waals surface area (Å²) in [6.45, 7) is 4.71. The Balaban J connectivity index is 2.07. The van der Waals surface area contributed by atoms with Crippen molar-refractivity contribution in [1.29, 1.82) is 0 Å². The number of hydrogen-bond donors (Lipinski definition) is 1. The van der Waals surface area contributed by atoms with Gasteiger partial charge in [-0.2, -0.15) is 0 Å². The summed E-state index contributed by atoms with van der Waals surface area (Å²) in [4.78, 5) is 41.2. The monoisotopic (exact) mass is 597 g/mol. The second kappa shape index (κ2) is 14.3. The highest BCUT2D eigenvalue weighted by atomic mass is 35.5. The first-order valence-electron chi connectivity index (χ1n) is 13.4. The largest absolute Gasteiger partial charge is 0.352 e. The van der Waals surface area contributed by atoms with Crippen molar-refractivity contribution in [2.45, 2.75) is 52.2 Å². The van der Waals surface area contributed by atoms with E-state index in [9.17, 15) is 22.8 Å². The zero-order valence-corrected chi connectivity index (χ0v) is 25.3. The molecule has 41 heavy (non-hydrogen) atoms. The molecule has 0 aliphatic heterocycles. The first kappa shape index (κ1) is 31.8. The summed E-state index contributed by atoms with van der Waals surface area (Å²) in [6.07, 6.45) is 1.92. The molecule has 8 nitrogen and oxygen atoms in total. The molecule has 0 aliphatic carbocycles. The van der Waals surface area contributed by atoms with E-state index in [-0.39, 0.29) is 36.4 Å². The molecule has 1 N–H and O–H groups in total.